The van der Waals surface area contributed by atoms with Crippen LogP contribution in [0.15, 0.2) is 85.1 Å². The molecule has 0 radical (unpaired) electrons. The molecule has 36 heavy (non-hydrogen) atoms. The van der Waals surface area contributed by atoms with Crippen LogP contribution in [0.4, 0.5) is 10.6 Å². The van der Waals surface area contributed by atoms with E-state index >= 15 is 0 Å². The summed E-state index contributed by atoms with van der Waals surface area (Å²) in [6.07, 6.45) is 2.16. The number of para-hydroxylation sites is 2. The van der Waals surface area contributed by atoms with Crippen LogP contribution < -0.4 is 20.1 Å². The molecule has 0 aliphatic heterocycles. The van der Waals surface area contributed by atoms with Gasteiger partial charge in [0.2, 0.25) is 0 Å². The van der Waals surface area contributed by atoms with Crippen LogP contribution in [0.5, 0.6) is 11.5 Å². The van der Waals surface area contributed by atoms with Gasteiger partial charge in [-0.2, -0.15) is 5.10 Å². The van der Waals surface area contributed by atoms with E-state index in [0.717, 1.165) is 28.0 Å². The van der Waals surface area contributed by atoms with Gasteiger partial charge in [-0.25, -0.2) is 14.5 Å². The van der Waals surface area contributed by atoms with Crippen molar-refractivity contribution in [1.29, 1.82) is 0 Å². The fourth-order valence-electron chi connectivity index (χ4n) is 4.01. The highest BCUT2D eigenvalue weighted by Crippen LogP contribution is 2.23. The van der Waals surface area contributed by atoms with Gasteiger partial charge >= 0.3 is 6.03 Å². The average molecular weight is 483 g/mol. The molecule has 0 aliphatic rings. The molecule has 2 heterocycles. The molecule has 0 saturated carbocycles. The number of methoxy groups -OCH3 is 2. The lowest BCUT2D eigenvalue weighted by atomic mass is 10.1. The van der Waals surface area contributed by atoms with Gasteiger partial charge in [-0.05, 0) is 48.4 Å². The lowest BCUT2D eigenvalue weighted by Gasteiger charge is -2.18. The first kappa shape index (κ1) is 23.0. The predicted octanol–water partition coefficient (Wildman–Crippen LogP) is 4.87. The molecule has 3 N–H and O–H groups in total. The van der Waals surface area contributed by atoms with E-state index in [0.29, 0.717) is 23.8 Å². The van der Waals surface area contributed by atoms with E-state index in [9.17, 15) is 4.79 Å². The number of carbonyl (C=O) groups excluding carboxylic acids is 1. The molecule has 2 amide bonds. The van der Waals surface area contributed by atoms with Gasteiger partial charge in [0.15, 0.2) is 0 Å². The second-order valence-corrected chi connectivity index (χ2v) is 8.17. The van der Waals surface area contributed by atoms with Crippen LogP contribution in [-0.4, -0.2) is 40.0 Å². The minimum absolute atomic E-state index is 0.376. The number of urea groups is 1. The minimum Gasteiger partial charge on any atom is -0.497 e. The number of aromatic amines is 1. The molecule has 9 heteroatoms. The zero-order chi connectivity index (χ0) is 24.9. The number of hydrogen-bond donors (Lipinski definition) is 3. The molecule has 0 bridgehead atoms. The van der Waals surface area contributed by atoms with Crippen molar-refractivity contribution >= 4 is 22.9 Å². The van der Waals surface area contributed by atoms with Gasteiger partial charge in [0.1, 0.15) is 23.1 Å². The number of nitrogens with zero attached hydrogens (tertiary/aromatic N) is 3. The summed E-state index contributed by atoms with van der Waals surface area (Å²) in [4.78, 5) is 21.2. The Balaban J connectivity index is 1.38. The van der Waals surface area contributed by atoms with Gasteiger partial charge in [0.05, 0.1) is 43.2 Å². The first-order valence-corrected chi connectivity index (χ1v) is 11.5. The number of anilines is 1. The number of ether oxygens (including phenoxy) is 2. The number of H-pyrrole nitrogens is 1. The lowest BCUT2D eigenvalue weighted by Crippen LogP contribution is -2.34. The maximum Gasteiger partial charge on any atom is 0.321 e. The topological polar surface area (TPSA) is 106 Å². The number of nitrogens with one attached hydrogen (secondary N) is 3. The zero-order valence-electron chi connectivity index (χ0n) is 19.9. The fraction of sp³-hybridized carbons (Fsp3) is 0.148. The molecule has 182 valence electrons. The molecule has 1 atom stereocenters. The van der Waals surface area contributed by atoms with Crippen LogP contribution in [0.2, 0.25) is 0 Å². The van der Waals surface area contributed by atoms with Crippen LogP contribution in [-0.2, 0) is 6.42 Å². The molecule has 5 rings (SSSR count). The van der Waals surface area contributed by atoms with E-state index in [1.165, 1.54) is 0 Å². The Labute approximate surface area is 208 Å². The van der Waals surface area contributed by atoms with E-state index < -0.39 is 6.04 Å². The number of rotatable bonds is 8. The molecule has 0 aliphatic carbocycles. The van der Waals surface area contributed by atoms with Crippen molar-refractivity contribution < 1.29 is 14.3 Å². The summed E-state index contributed by atoms with van der Waals surface area (Å²) in [6, 6.07) is 23.9. The molecule has 5 aromatic rings. The molecule has 0 fully saturated rings. The van der Waals surface area contributed by atoms with E-state index in [1.54, 1.807) is 31.2 Å². The monoisotopic (exact) mass is 482 g/mol. The van der Waals surface area contributed by atoms with E-state index in [2.05, 4.69) is 20.7 Å². The van der Waals surface area contributed by atoms with Crippen molar-refractivity contribution in [2.45, 2.75) is 12.5 Å². The number of imidazole rings is 1. The van der Waals surface area contributed by atoms with Crippen molar-refractivity contribution in [2.75, 3.05) is 19.5 Å². The molecule has 3 aromatic carbocycles. The third kappa shape index (κ3) is 5.00. The van der Waals surface area contributed by atoms with Crippen molar-refractivity contribution in [3.05, 3.63) is 96.4 Å². The quantitative estimate of drug-likeness (QED) is 0.293. The highest BCUT2D eigenvalue weighted by Gasteiger charge is 2.20. The summed E-state index contributed by atoms with van der Waals surface area (Å²) in [5, 5.41) is 10.3. The van der Waals surface area contributed by atoms with Gasteiger partial charge in [0.25, 0.3) is 0 Å². The Morgan fingerprint density at radius 1 is 0.972 bits per heavy atom. The second-order valence-electron chi connectivity index (χ2n) is 8.17. The summed E-state index contributed by atoms with van der Waals surface area (Å²) >= 11 is 0. The summed E-state index contributed by atoms with van der Waals surface area (Å²) in [7, 11) is 3.24. The van der Waals surface area contributed by atoms with Gasteiger partial charge in [-0.15, -0.1) is 0 Å². The Morgan fingerprint density at radius 3 is 2.56 bits per heavy atom. The second kappa shape index (κ2) is 10.2. The summed E-state index contributed by atoms with van der Waals surface area (Å²) < 4.78 is 12.2. The van der Waals surface area contributed by atoms with Gasteiger partial charge in [0, 0.05) is 12.1 Å². The molecular weight excluding hydrogens is 456 g/mol. The van der Waals surface area contributed by atoms with Gasteiger partial charge in [-0.1, -0.05) is 30.3 Å². The molecule has 0 saturated heterocycles. The van der Waals surface area contributed by atoms with Gasteiger partial charge < -0.3 is 19.8 Å². The first-order valence-electron chi connectivity index (χ1n) is 11.5. The standard InChI is InChI=1S/C27H26N6O3/c1-35-20-12-10-18(11-13-20)16-24(26-29-22-8-3-4-9-23(22)30-26)31-27(34)32-25-14-15-28-33(25)19-6-5-7-21(17-19)36-2/h3-15,17,24H,16H2,1-2H3,(H,29,30)(H2,31,32,34). The molecular formula is C27H26N6O3. The molecule has 2 aromatic heterocycles. The summed E-state index contributed by atoms with van der Waals surface area (Å²) in [5.74, 6) is 2.66. The Bertz CT molecular complexity index is 1440. The van der Waals surface area contributed by atoms with Crippen LogP contribution >= 0.6 is 0 Å². The van der Waals surface area contributed by atoms with Crippen LogP contribution in [0.1, 0.15) is 17.4 Å². The zero-order valence-corrected chi connectivity index (χ0v) is 19.9. The third-order valence-electron chi connectivity index (χ3n) is 5.82. The third-order valence-corrected chi connectivity index (χ3v) is 5.82. The maximum atomic E-state index is 13.2. The summed E-state index contributed by atoms with van der Waals surface area (Å²) in [5.41, 5.74) is 3.54. The molecule has 9 nitrogen and oxygen atoms in total. The fourth-order valence-corrected chi connectivity index (χ4v) is 4.01. The molecule has 1 unspecified atom stereocenters. The first-order chi connectivity index (χ1) is 17.6. The maximum absolute atomic E-state index is 13.2. The predicted molar refractivity (Wildman–Crippen MR) is 138 cm³/mol. The highest BCUT2D eigenvalue weighted by molar-refractivity contribution is 5.89. The number of fused-ring (bicyclic) bond motifs is 1. The normalized spacial score (nSPS) is 11.7. The van der Waals surface area contributed by atoms with Crippen molar-refractivity contribution in [3.63, 3.8) is 0 Å². The number of hydrogen-bond acceptors (Lipinski definition) is 5. The smallest absolute Gasteiger partial charge is 0.321 e. The number of amides is 2. The Kier molecular flexibility index (Phi) is 6.53. The summed E-state index contributed by atoms with van der Waals surface area (Å²) in [6.45, 7) is 0. The number of aromatic nitrogens is 4. The highest BCUT2D eigenvalue weighted by atomic mass is 16.5. The Hall–Kier alpha value is -4.79. The largest absolute Gasteiger partial charge is 0.497 e. The molecule has 0 spiro atoms. The minimum atomic E-state index is -0.404. The number of carbonyl (C=O) groups is 1. The van der Waals surface area contributed by atoms with Crippen molar-refractivity contribution in [1.82, 2.24) is 25.1 Å². The van der Waals surface area contributed by atoms with E-state index in [4.69, 9.17) is 14.5 Å². The van der Waals surface area contributed by atoms with Crippen LogP contribution in [0.25, 0.3) is 16.7 Å². The number of benzene rings is 3. The van der Waals surface area contributed by atoms with E-state index in [-0.39, 0.29) is 6.03 Å². The van der Waals surface area contributed by atoms with Gasteiger partial charge in [-0.3, -0.25) is 5.32 Å². The van der Waals surface area contributed by atoms with E-state index in [1.807, 2.05) is 72.8 Å². The van der Waals surface area contributed by atoms with Crippen LogP contribution in [0, 0.1) is 0 Å². The van der Waals surface area contributed by atoms with Crippen molar-refractivity contribution in [2.24, 2.45) is 0 Å². The SMILES string of the molecule is COc1ccc(CC(NC(=O)Nc2ccnn2-c2cccc(OC)c2)c2nc3ccccc3[nH]2)cc1. The average Bonchev–Trinajstić information content (AvgIpc) is 3.56. The Morgan fingerprint density at radius 2 is 1.78 bits per heavy atom. The van der Waals surface area contributed by atoms with Crippen LogP contribution in [0.3, 0.4) is 0 Å². The van der Waals surface area contributed by atoms with Crippen molar-refractivity contribution in [3.8, 4) is 17.2 Å². The lowest BCUT2D eigenvalue weighted by molar-refractivity contribution is 0.248.